The maximum atomic E-state index is 6.42. The molecule has 3 heterocycles. The number of anilines is 3. The molecule has 7 aromatic carbocycles. The predicted octanol–water partition coefficient (Wildman–Crippen LogP) is 11.3. The van der Waals surface area contributed by atoms with Gasteiger partial charge in [-0.1, -0.05) is 84.9 Å². The Kier molecular flexibility index (Phi) is 6.39. The van der Waals surface area contributed by atoms with Gasteiger partial charge >= 0.3 is 0 Å². The highest BCUT2D eigenvalue weighted by Crippen LogP contribution is 2.51. The highest BCUT2D eigenvalue weighted by Gasteiger charge is 2.28. The highest BCUT2D eigenvalue weighted by molar-refractivity contribution is 5.92. The third-order valence-electron chi connectivity index (χ3n) is 9.27. The summed E-state index contributed by atoms with van der Waals surface area (Å²) >= 11 is 0. The molecule has 0 saturated heterocycles. The molecule has 0 atom stereocenters. The van der Waals surface area contributed by atoms with E-state index in [2.05, 4.69) is 141 Å². The molecule has 0 spiro atoms. The van der Waals surface area contributed by atoms with E-state index in [1.807, 2.05) is 48.5 Å². The molecule has 2 aromatic heterocycles. The summed E-state index contributed by atoms with van der Waals surface area (Å²) in [6.07, 6.45) is 0. The van der Waals surface area contributed by atoms with Crippen LogP contribution in [0.2, 0.25) is 0 Å². The minimum absolute atomic E-state index is 0.797. The van der Waals surface area contributed by atoms with Gasteiger partial charge in [-0.3, -0.25) is 9.13 Å². The van der Waals surface area contributed by atoms with Gasteiger partial charge in [0.1, 0.15) is 11.6 Å². The minimum Gasteiger partial charge on any atom is -0.453 e. The first-order valence-corrected chi connectivity index (χ1v) is 16.7. The molecule has 1 aliphatic heterocycles. The van der Waals surface area contributed by atoms with E-state index in [1.165, 1.54) is 0 Å². The van der Waals surface area contributed by atoms with Gasteiger partial charge in [-0.2, -0.15) is 0 Å². The van der Waals surface area contributed by atoms with Gasteiger partial charge in [0, 0.05) is 28.2 Å². The topological polar surface area (TPSA) is 48.1 Å². The van der Waals surface area contributed by atoms with Gasteiger partial charge in [-0.15, -0.1) is 0 Å². The number of ether oxygens (including phenoxy) is 1. The van der Waals surface area contributed by atoms with Crippen LogP contribution < -0.4 is 9.64 Å². The van der Waals surface area contributed by atoms with Gasteiger partial charge in [0.25, 0.3) is 0 Å². The maximum absolute atomic E-state index is 6.42. The van der Waals surface area contributed by atoms with E-state index in [9.17, 15) is 0 Å². The van der Waals surface area contributed by atoms with E-state index < -0.39 is 0 Å². The minimum atomic E-state index is 0.797. The fourth-order valence-corrected chi connectivity index (χ4v) is 7.10. The number of nitrogens with zero attached hydrogens (tertiary/aromatic N) is 5. The molecule has 9 aromatic rings. The second kappa shape index (κ2) is 11.4. The van der Waals surface area contributed by atoms with Gasteiger partial charge < -0.3 is 9.64 Å². The van der Waals surface area contributed by atoms with Crippen LogP contribution in [0.4, 0.5) is 17.1 Å². The van der Waals surface area contributed by atoms with Crippen molar-refractivity contribution in [2.45, 2.75) is 0 Å². The monoisotopic (exact) mass is 643 g/mol. The van der Waals surface area contributed by atoms with Crippen molar-refractivity contribution < 1.29 is 4.74 Å². The van der Waals surface area contributed by atoms with Crippen LogP contribution in [-0.2, 0) is 0 Å². The highest BCUT2D eigenvalue weighted by atomic mass is 16.5. The summed E-state index contributed by atoms with van der Waals surface area (Å²) in [4.78, 5) is 12.9. The van der Waals surface area contributed by atoms with E-state index in [4.69, 9.17) is 14.7 Å². The Morgan fingerprint density at radius 2 is 0.800 bits per heavy atom. The maximum Gasteiger partial charge on any atom is 0.151 e. The zero-order valence-electron chi connectivity index (χ0n) is 26.9. The van der Waals surface area contributed by atoms with Crippen molar-refractivity contribution in [2.24, 2.45) is 0 Å². The molecule has 10 rings (SSSR count). The summed E-state index contributed by atoms with van der Waals surface area (Å²) in [6.45, 7) is 0. The molecule has 0 amide bonds. The van der Waals surface area contributed by atoms with Crippen LogP contribution in [-0.4, -0.2) is 19.1 Å². The Labute approximate surface area is 288 Å². The molecule has 0 fully saturated rings. The zero-order chi connectivity index (χ0) is 33.0. The Balaban J connectivity index is 1.30. The van der Waals surface area contributed by atoms with Crippen molar-refractivity contribution in [2.75, 3.05) is 4.90 Å². The lowest BCUT2D eigenvalue weighted by molar-refractivity contribution is 0.477. The summed E-state index contributed by atoms with van der Waals surface area (Å²) in [5, 5.41) is 0. The number of hydrogen-bond acceptors (Lipinski definition) is 4. The predicted molar refractivity (Wildman–Crippen MR) is 201 cm³/mol. The third-order valence-corrected chi connectivity index (χ3v) is 9.27. The van der Waals surface area contributed by atoms with Gasteiger partial charge in [-0.25, -0.2) is 9.97 Å². The Hall–Kier alpha value is -6.92. The molecule has 0 unspecified atom stereocenters. The molecule has 0 bridgehead atoms. The Bertz CT molecular complexity index is 2510. The first-order chi connectivity index (χ1) is 24.8. The number of imidazole rings is 2. The fraction of sp³-hybridized carbons (Fsp3) is 0. The Morgan fingerprint density at radius 3 is 1.30 bits per heavy atom. The SMILES string of the molecule is c1ccc(-n2c(-c3cc(-c4nc5ccccc5n4-c4ccccc4)cc(N4c5ccccc5Oc5ccccc54)c3)nc3ccccc32)cc1. The van der Waals surface area contributed by atoms with Crippen LogP contribution in [0, 0.1) is 0 Å². The summed E-state index contributed by atoms with van der Waals surface area (Å²) in [7, 11) is 0. The summed E-state index contributed by atoms with van der Waals surface area (Å²) < 4.78 is 10.9. The summed E-state index contributed by atoms with van der Waals surface area (Å²) in [6, 6.07) is 60.6. The number of aromatic nitrogens is 4. The molecule has 6 nitrogen and oxygen atoms in total. The first kappa shape index (κ1) is 28.1. The number of fused-ring (bicyclic) bond motifs is 4. The second-order valence-corrected chi connectivity index (χ2v) is 12.3. The molecule has 0 aliphatic carbocycles. The Morgan fingerprint density at radius 1 is 0.380 bits per heavy atom. The van der Waals surface area contributed by atoms with E-state index in [-0.39, 0.29) is 0 Å². The molecule has 50 heavy (non-hydrogen) atoms. The van der Waals surface area contributed by atoms with Gasteiger partial charge in [-0.05, 0) is 91.0 Å². The van der Waals surface area contributed by atoms with Crippen molar-refractivity contribution in [3.63, 3.8) is 0 Å². The van der Waals surface area contributed by atoms with E-state index >= 15 is 0 Å². The normalized spacial score (nSPS) is 12.1. The van der Waals surface area contributed by atoms with E-state index in [0.29, 0.717) is 0 Å². The number of hydrogen-bond donors (Lipinski definition) is 0. The van der Waals surface area contributed by atoms with Gasteiger partial charge in [0.2, 0.25) is 0 Å². The molecule has 0 saturated carbocycles. The average Bonchev–Trinajstić information content (AvgIpc) is 3.77. The second-order valence-electron chi connectivity index (χ2n) is 12.3. The van der Waals surface area contributed by atoms with Crippen molar-refractivity contribution in [3.05, 3.63) is 176 Å². The van der Waals surface area contributed by atoms with Crippen LogP contribution in [0.3, 0.4) is 0 Å². The fourth-order valence-electron chi connectivity index (χ4n) is 7.10. The van der Waals surface area contributed by atoms with Crippen molar-refractivity contribution in [1.29, 1.82) is 0 Å². The standard InChI is InChI=1S/C44H29N5O/c1-3-15-32(16-4-1)48-37-21-9-7-19-35(37)45-43(48)30-27-31(44-46-36-20-8-10-22-38(36)49(44)33-17-5-2-6-18-33)29-34(28-30)47-39-23-11-13-25-41(39)50-42-26-14-12-24-40(42)47/h1-29H. The van der Waals surface area contributed by atoms with E-state index in [1.54, 1.807) is 0 Å². The van der Waals surface area contributed by atoms with E-state index in [0.717, 1.165) is 84.8 Å². The smallest absolute Gasteiger partial charge is 0.151 e. The largest absolute Gasteiger partial charge is 0.453 e. The average molecular weight is 644 g/mol. The molecule has 236 valence electrons. The lowest BCUT2D eigenvalue weighted by Crippen LogP contribution is -2.16. The summed E-state index contributed by atoms with van der Waals surface area (Å²) in [5.74, 6) is 3.29. The van der Waals surface area contributed by atoms with Gasteiger partial charge in [0.05, 0.1) is 33.4 Å². The zero-order valence-corrected chi connectivity index (χ0v) is 26.9. The number of benzene rings is 7. The molecule has 0 N–H and O–H groups in total. The van der Waals surface area contributed by atoms with Crippen LogP contribution in [0.5, 0.6) is 11.5 Å². The summed E-state index contributed by atoms with van der Waals surface area (Å²) in [5.41, 5.74) is 10.8. The molecule has 0 radical (unpaired) electrons. The molecular formula is C44H29N5O. The van der Waals surface area contributed by atoms with Crippen molar-refractivity contribution >= 4 is 39.1 Å². The van der Waals surface area contributed by atoms with Crippen LogP contribution in [0.25, 0.3) is 56.2 Å². The van der Waals surface area contributed by atoms with Crippen LogP contribution in [0.1, 0.15) is 0 Å². The molecular weight excluding hydrogens is 615 g/mol. The molecule has 6 heteroatoms. The lowest BCUT2D eigenvalue weighted by Gasteiger charge is -2.33. The van der Waals surface area contributed by atoms with Crippen molar-refractivity contribution in [3.8, 4) is 45.6 Å². The van der Waals surface area contributed by atoms with Crippen LogP contribution in [0.15, 0.2) is 176 Å². The third kappa shape index (κ3) is 4.50. The van der Waals surface area contributed by atoms with Crippen LogP contribution >= 0.6 is 0 Å². The number of para-hydroxylation sites is 10. The molecule has 1 aliphatic rings. The van der Waals surface area contributed by atoms with Crippen molar-refractivity contribution in [1.82, 2.24) is 19.1 Å². The quantitative estimate of drug-likeness (QED) is 0.187. The first-order valence-electron chi connectivity index (χ1n) is 16.7. The van der Waals surface area contributed by atoms with Gasteiger partial charge in [0.15, 0.2) is 11.5 Å². The number of rotatable bonds is 5. The lowest BCUT2D eigenvalue weighted by atomic mass is 10.0.